The molecule has 0 saturated carbocycles. The average molecular weight is 344 g/mol. The Labute approximate surface area is 145 Å². The Balaban J connectivity index is 1.65. The SMILES string of the molecule is C[C@@H]1CN(C(=O)c2ccc(NC(=O)c3cccs3)cc2)C[C@@H](C)O1. The van der Waals surface area contributed by atoms with Gasteiger partial charge in [-0.05, 0) is 49.6 Å². The van der Waals surface area contributed by atoms with Crippen LogP contribution in [0.2, 0.25) is 0 Å². The van der Waals surface area contributed by atoms with E-state index in [1.54, 1.807) is 30.3 Å². The van der Waals surface area contributed by atoms with Gasteiger partial charge in [0.25, 0.3) is 11.8 Å². The standard InChI is InChI=1S/C18H20N2O3S/c1-12-10-20(11-13(2)23-12)18(22)14-5-7-15(8-6-14)19-17(21)16-4-3-9-24-16/h3-9,12-13H,10-11H2,1-2H3,(H,19,21)/t12-,13-/m1/s1. The van der Waals surface area contributed by atoms with E-state index in [-0.39, 0.29) is 24.0 Å². The quantitative estimate of drug-likeness (QED) is 0.930. The molecule has 0 spiro atoms. The Bertz CT molecular complexity index is 702. The zero-order valence-electron chi connectivity index (χ0n) is 13.7. The number of amides is 2. The number of hydrogen-bond acceptors (Lipinski definition) is 4. The van der Waals surface area contributed by atoms with Gasteiger partial charge in [-0.15, -0.1) is 11.3 Å². The van der Waals surface area contributed by atoms with Crippen LogP contribution in [0, 0.1) is 0 Å². The van der Waals surface area contributed by atoms with E-state index in [9.17, 15) is 9.59 Å². The van der Waals surface area contributed by atoms with Crippen molar-refractivity contribution in [3.8, 4) is 0 Å². The van der Waals surface area contributed by atoms with Crippen molar-refractivity contribution < 1.29 is 14.3 Å². The fourth-order valence-corrected chi connectivity index (χ4v) is 3.44. The molecule has 1 fully saturated rings. The molecule has 3 rings (SSSR count). The lowest BCUT2D eigenvalue weighted by molar-refractivity contribution is -0.0586. The molecule has 0 unspecified atom stereocenters. The van der Waals surface area contributed by atoms with Crippen molar-refractivity contribution in [2.45, 2.75) is 26.1 Å². The van der Waals surface area contributed by atoms with Gasteiger partial charge >= 0.3 is 0 Å². The molecule has 2 atom stereocenters. The minimum atomic E-state index is -0.139. The smallest absolute Gasteiger partial charge is 0.265 e. The first-order chi connectivity index (χ1) is 11.5. The summed E-state index contributed by atoms with van der Waals surface area (Å²) in [7, 11) is 0. The van der Waals surface area contributed by atoms with E-state index in [0.717, 1.165) is 0 Å². The van der Waals surface area contributed by atoms with Crippen LogP contribution in [0.5, 0.6) is 0 Å². The van der Waals surface area contributed by atoms with Gasteiger partial charge in [-0.25, -0.2) is 0 Å². The monoisotopic (exact) mass is 344 g/mol. The number of anilines is 1. The second-order valence-corrected chi connectivity index (χ2v) is 6.92. The number of nitrogens with one attached hydrogen (secondary N) is 1. The van der Waals surface area contributed by atoms with Crippen molar-refractivity contribution in [2.24, 2.45) is 0 Å². The summed E-state index contributed by atoms with van der Waals surface area (Å²) < 4.78 is 5.66. The van der Waals surface area contributed by atoms with Crippen molar-refractivity contribution in [1.29, 1.82) is 0 Å². The first-order valence-corrected chi connectivity index (χ1v) is 8.80. The molecule has 126 valence electrons. The number of carbonyl (C=O) groups is 2. The molecule has 0 radical (unpaired) electrons. The van der Waals surface area contributed by atoms with Crippen LogP contribution in [0.15, 0.2) is 41.8 Å². The van der Waals surface area contributed by atoms with Crippen LogP contribution in [0.3, 0.4) is 0 Å². The minimum Gasteiger partial charge on any atom is -0.372 e. The largest absolute Gasteiger partial charge is 0.372 e. The maximum Gasteiger partial charge on any atom is 0.265 e. The molecule has 2 amide bonds. The maximum absolute atomic E-state index is 12.6. The first-order valence-electron chi connectivity index (χ1n) is 7.92. The van der Waals surface area contributed by atoms with Crippen LogP contribution in [0.4, 0.5) is 5.69 Å². The van der Waals surface area contributed by atoms with Gasteiger partial charge in [0.1, 0.15) is 0 Å². The molecule has 2 aromatic rings. The predicted octanol–water partition coefficient (Wildman–Crippen LogP) is 3.25. The molecule has 0 bridgehead atoms. The van der Waals surface area contributed by atoms with Gasteiger partial charge in [0.05, 0.1) is 17.1 Å². The van der Waals surface area contributed by atoms with Crippen LogP contribution in [0.1, 0.15) is 33.9 Å². The van der Waals surface area contributed by atoms with Crippen LogP contribution < -0.4 is 5.32 Å². The topological polar surface area (TPSA) is 58.6 Å². The molecule has 6 heteroatoms. The van der Waals surface area contributed by atoms with Gasteiger partial charge in [0, 0.05) is 24.3 Å². The zero-order valence-corrected chi connectivity index (χ0v) is 14.5. The van der Waals surface area contributed by atoms with Crippen molar-refractivity contribution in [2.75, 3.05) is 18.4 Å². The average Bonchev–Trinajstić information content (AvgIpc) is 3.08. The lowest BCUT2D eigenvalue weighted by Crippen LogP contribution is -2.48. The fourth-order valence-electron chi connectivity index (χ4n) is 2.82. The molecule has 5 nitrogen and oxygen atoms in total. The van der Waals surface area contributed by atoms with E-state index in [1.807, 2.05) is 30.2 Å². The number of benzene rings is 1. The van der Waals surface area contributed by atoms with Crippen molar-refractivity contribution in [3.05, 3.63) is 52.2 Å². The van der Waals surface area contributed by atoms with Crippen molar-refractivity contribution in [3.63, 3.8) is 0 Å². The highest BCUT2D eigenvalue weighted by Crippen LogP contribution is 2.17. The Morgan fingerprint density at radius 1 is 1.12 bits per heavy atom. The van der Waals surface area contributed by atoms with Crippen LogP contribution in [0.25, 0.3) is 0 Å². The summed E-state index contributed by atoms with van der Waals surface area (Å²) in [6.07, 6.45) is 0.0871. The molecule has 2 heterocycles. The minimum absolute atomic E-state index is 0.00636. The Hall–Kier alpha value is -2.18. The summed E-state index contributed by atoms with van der Waals surface area (Å²) in [5.41, 5.74) is 1.29. The highest BCUT2D eigenvalue weighted by molar-refractivity contribution is 7.12. The molecular formula is C18H20N2O3S. The van der Waals surface area contributed by atoms with Gasteiger partial charge in [0.15, 0.2) is 0 Å². The Morgan fingerprint density at radius 3 is 2.38 bits per heavy atom. The highest BCUT2D eigenvalue weighted by atomic mass is 32.1. The molecule has 0 aliphatic carbocycles. The van der Waals surface area contributed by atoms with Crippen molar-refractivity contribution in [1.82, 2.24) is 4.90 Å². The summed E-state index contributed by atoms with van der Waals surface area (Å²) in [5.74, 6) is -0.145. The third-order valence-corrected chi connectivity index (χ3v) is 4.71. The van der Waals surface area contributed by atoms with Gasteiger partial charge in [-0.1, -0.05) is 6.07 Å². The van der Waals surface area contributed by atoms with Crippen molar-refractivity contribution >= 4 is 28.8 Å². The van der Waals surface area contributed by atoms with Gasteiger partial charge in [-0.3, -0.25) is 9.59 Å². The van der Waals surface area contributed by atoms with E-state index in [1.165, 1.54) is 11.3 Å². The maximum atomic E-state index is 12.6. The number of ether oxygens (including phenoxy) is 1. The normalized spacial score (nSPS) is 20.7. The summed E-state index contributed by atoms with van der Waals surface area (Å²) in [6, 6.07) is 10.6. The zero-order chi connectivity index (χ0) is 17.1. The third kappa shape index (κ3) is 3.83. The molecule has 1 aliphatic heterocycles. The number of rotatable bonds is 3. The highest BCUT2D eigenvalue weighted by Gasteiger charge is 2.26. The summed E-state index contributed by atoms with van der Waals surface area (Å²) >= 11 is 1.39. The second kappa shape index (κ2) is 7.15. The molecule has 1 aliphatic rings. The summed E-state index contributed by atoms with van der Waals surface area (Å²) in [4.78, 5) is 27.1. The van der Waals surface area contributed by atoms with E-state index < -0.39 is 0 Å². The summed E-state index contributed by atoms with van der Waals surface area (Å²) in [5, 5.41) is 4.69. The molecule has 1 aromatic carbocycles. The molecule has 1 N–H and O–H groups in total. The lowest BCUT2D eigenvalue weighted by Gasteiger charge is -2.35. The molecular weight excluding hydrogens is 324 g/mol. The molecule has 24 heavy (non-hydrogen) atoms. The van der Waals surface area contributed by atoms with Gasteiger partial charge < -0.3 is 15.0 Å². The second-order valence-electron chi connectivity index (χ2n) is 5.98. The van der Waals surface area contributed by atoms with E-state index >= 15 is 0 Å². The van der Waals surface area contributed by atoms with E-state index in [4.69, 9.17) is 4.74 Å². The van der Waals surface area contributed by atoms with E-state index in [2.05, 4.69) is 5.32 Å². The molecule has 1 saturated heterocycles. The number of hydrogen-bond donors (Lipinski definition) is 1. The Morgan fingerprint density at radius 2 is 1.79 bits per heavy atom. The van der Waals surface area contributed by atoms with Crippen LogP contribution in [-0.4, -0.2) is 42.0 Å². The number of thiophene rings is 1. The fraction of sp³-hybridized carbons (Fsp3) is 0.333. The van der Waals surface area contributed by atoms with Crippen LogP contribution >= 0.6 is 11.3 Å². The number of nitrogens with zero attached hydrogens (tertiary/aromatic N) is 1. The van der Waals surface area contributed by atoms with E-state index in [0.29, 0.717) is 29.2 Å². The third-order valence-electron chi connectivity index (χ3n) is 3.84. The lowest BCUT2D eigenvalue weighted by atomic mass is 10.1. The number of carbonyl (C=O) groups excluding carboxylic acids is 2. The first kappa shape index (κ1) is 16.7. The summed E-state index contributed by atoms with van der Waals surface area (Å²) in [6.45, 7) is 5.14. The number of morpholine rings is 1. The van der Waals surface area contributed by atoms with Crippen LogP contribution in [-0.2, 0) is 4.74 Å². The Kier molecular flexibility index (Phi) is 4.97. The molecule has 1 aromatic heterocycles. The predicted molar refractivity (Wildman–Crippen MR) is 94.6 cm³/mol. The van der Waals surface area contributed by atoms with Gasteiger partial charge in [0.2, 0.25) is 0 Å². The van der Waals surface area contributed by atoms with Gasteiger partial charge in [-0.2, -0.15) is 0 Å².